The summed E-state index contributed by atoms with van der Waals surface area (Å²) in [5.41, 5.74) is 2.53. The summed E-state index contributed by atoms with van der Waals surface area (Å²) in [4.78, 5) is 0. The van der Waals surface area contributed by atoms with Gasteiger partial charge in [0.25, 0.3) is 0 Å². The van der Waals surface area contributed by atoms with Crippen LogP contribution >= 0.6 is 11.8 Å². The molecule has 21 heavy (non-hydrogen) atoms. The van der Waals surface area contributed by atoms with E-state index in [4.69, 9.17) is 4.74 Å². The first-order valence-electron chi connectivity index (χ1n) is 7.49. The molecule has 3 rings (SSSR count). The fourth-order valence-corrected chi connectivity index (χ4v) is 3.83. The molecule has 2 nitrogen and oxygen atoms in total. The number of rotatable bonds is 5. The fraction of sp³-hybridized carbons (Fsp3) is 0.333. The zero-order valence-corrected chi connectivity index (χ0v) is 13.1. The van der Waals surface area contributed by atoms with Crippen molar-refractivity contribution in [3.63, 3.8) is 0 Å². The molecule has 1 heterocycles. The predicted molar refractivity (Wildman–Crippen MR) is 89.6 cm³/mol. The molecular weight excluding hydrogens is 278 g/mol. The number of ether oxygens (including phenoxy) is 1. The number of hydrogen-bond donors (Lipinski definition) is 1. The second-order valence-electron chi connectivity index (χ2n) is 5.33. The van der Waals surface area contributed by atoms with Crippen molar-refractivity contribution in [3.05, 3.63) is 65.7 Å². The van der Waals surface area contributed by atoms with Crippen molar-refractivity contribution in [2.75, 3.05) is 5.75 Å². The van der Waals surface area contributed by atoms with E-state index in [0.29, 0.717) is 18.0 Å². The summed E-state index contributed by atoms with van der Waals surface area (Å²) < 4.78 is 5.82. The largest absolute Gasteiger partial charge is 0.489 e. The highest BCUT2D eigenvalue weighted by atomic mass is 32.2. The average molecular weight is 299 g/mol. The van der Waals surface area contributed by atoms with Crippen LogP contribution in [0.15, 0.2) is 54.6 Å². The van der Waals surface area contributed by atoms with Gasteiger partial charge in [-0.2, -0.15) is 0 Å². The van der Waals surface area contributed by atoms with E-state index < -0.39 is 0 Å². The minimum Gasteiger partial charge on any atom is -0.489 e. The van der Waals surface area contributed by atoms with Crippen LogP contribution in [0.3, 0.4) is 0 Å². The summed E-state index contributed by atoms with van der Waals surface area (Å²) in [5.74, 6) is 2.13. The number of benzene rings is 2. The van der Waals surface area contributed by atoms with Crippen LogP contribution in [0, 0.1) is 0 Å². The van der Waals surface area contributed by atoms with Gasteiger partial charge in [0.15, 0.2) is 0 Å². The summed E-state index contributed by atoms with van der Waals surface area (Å²) >= 11 is 1.99. The second-order valence-corrected chi connectivity index (χ2v) is 6.47. The van der Waals surface area contributed by atoms with Crippen molar-refractivity contribution in [2.24, 2.45) is 0 Å². The van der Waals surface area contributed by atoms with Gasteiger partial charge >= 0.3 is 0 Å². The van der Waals surface area contributed by atoms with E-state index in [1.165, 1.54) is 23.3 Å². The van der Waals surface area contributed by atoms with Crippen LogP contribution in [-0.4, -0.2) is 11.8 Å². The normalized spacial score (nSPS) is 21.4. The van der Waals surface area contributed by atoms with Crippen molar-refractivity contribution in [1.82, 2.24) is 5.32 Å². The molecule has 1 aliphatic rings. The molecule has 0 aromatic heterocycles. The lowest BCUT2D eigenvalue weighted by Gasteiger charge is -2.13. The molecular formula is C18H21NOS. The fourth-order valence-electron chi connectivity index (χ4n) is 2.43. The van der Waals surface area contributed by atoms with E-state index in [0.717, 1.165) is 5.75 Å². The molecule has 0 radical (unpaired) electrons. The van der Waals surface area contributed by atoms with E-state index in [1.54, 1.807) is 0 Å². The quantitative estimate of drug-likeness (QED) is 0.885. The molecule has 3 heteroatoms. The molecule has 1 N–H and O–H groups in total. The molecule has 1 fully saturated rings. The van der Waals surface area contributed by atoms with E-state index in [9.17, 15) is 0 Å². The molecule has 0 amide bonds. The Bertz CT molecular complexity index is 555. The Morgan fingerprint density at radius 3 is 2.52 bits per heavy atom. The lowest BCUT2D eigenvalue weighted by molar-refractivity contribution is 0.306. The zero-order chi connectivity index (χ0) is 14.5. The first-order valence-corrected chi connectivity index (χ1v) is 8.54. The van der Waals surface area contributed by atoms with Gasteiger partial charge in [0.1, 0.15) is 12.4 Å². The minimum atomic E-state index is 0.429. The van der Waals surface area contributed by atoms with Crippen LogP contribution in [0.4, 0.5) is 0 Å². The highest BCUT2D eigenvalue weighted by Gasteiger charge is 2.23. The van der Waals surface area contributed by atoms with E-state index in [1.807, 2.05) is 30.0 Å². The van der Waals surface area contributed by atoms with Gasteiger partial charge in [0, 0.05) is 11.8 Å². The molecule has 2 aromatic carbocycles. The highest BCUT2D eigenvalue weighted by molar-refractivity contribution is 7.99. The molecule has 110 valence electrons. The molecule has 0 bridgehead atoms. The highest BCUT2D eigenvalue weighted by Crippen LogP contribution is 2.34. The van der Waals surface area contributed by atoms with Gasteiger partial charge in [-0.3, -0.25) is 5.32 Å². The minimum absolute atomic E-state index is 0.429. The van der Waals surface area contributed by atoms with Gasteiger partial charge in [-0.15, -0.1) is 11.8 Å². The topological polar surface area (TPSA) is 21.3 Å². The van der Waals surface area contributed by atoms with Crippen LogP contribution < -0.4 is 10.1 Å². The van der Waals surface area contributed by atoms with Crippen molar-refractivity contribution < 1.29 is 4.74 Å². The van der Waals surface area contributed by atoms with Crippen molar-refractivity contribution in [3.8, 4) is 5.75 Å². The number of hydrogen-bond acceptors (Lipinski definition) is 3. The maximum absolute atomic E-state index is 5.82. The van der Waals surface area contributed by atoms with E-state index in [2.05, 4.69) is 48.6 Å². The Hall–Kier alpha value is -1.45. The van der Waals surface area contributed by atoms with Gasteiger partial charge in [-0.05, 0) is 29.7 Å². The van der Waals surface area contributed by atoms with Crippen LogP contribution in [0.2, 0.25) is 0 Å². The van der Waals surface area contributed by atoms with Crippen molar-refractivity contribution in [2.45, 2.75) is 31.4 Å². The molecule has 1 saturated heterocycles. The van der Waals surface area contributed by atoms with Crippen LogP contribution in [0.1, 0.15) is 29.8 Å². The number of thioether (sulfide) groups is 1. The SMILES string of the molecule is CCC1CSC(c2ccc(OCc3ccccc3)cc2)N1. The third-order valence-electron chi connectivity index (χ3n) is 3.78. The standard InChI is InChI=1S/C18H21NOS/c1-2-16-13-21-18(19-16)15-8-10-17(11-9-15)20-12-14-6-4-3-5-7-14/h3-11,16,18-19H,2,12-13H2,1H3. The van der Waals surface area contributed by atoms with Crippen molar-refractivity contribution in [1.29, 1.82) is 0 Å². The van der Waals surface area contributed by atoms with Gasteiger partial charge < -0.3 is 4.74 Å². The van der Waals surface area contributed by atoms with Gasteiger partial charge in [0.2, 0.25) is 0 Å². The smallest absolute Gasteiger partial charge is 0.119 e. The molecule has 2 unspecified atom stereocenters. The Kier molecular flexibility index (Phi) is 4.84. The second kappa shape index (κ2) is 7.01. The van der Waals surface area contributed by atoms with Crippen molar-refractivity contribution >= 4 is 11.8 Å². The van der Waals surface area contributed by atoms with Gasteiger partial charge in [0.05, 0.1) is 5.37 Å². The molecule has 2 atom stereocenters. The van der Waals surface area contributed by atoms with E-state index >= 15 is 0 Å². The first-order chi connectivity index (χ1) is 10.3. The molecule has 1 aliphatic heterocycles. The molecule has 0 saturated carbocycles. The summed E-state index contributed by atoms with van der Waals surface area (Å²) in [5, 5.41) is 4.09. The molecule has 0 spiro atoms. The predicted octanol–water partition coefficient (Wildman–Crippen LogP) is 4.38. The van der Waals surface area contributed by atoms with E-state index in [-0.39, 0.29) is 0 Å². The average Bonchev–Trinajstić information content (AvgIpc) is 3.03. The maximum Gasteiger partial charge on any atom is 0.119 e. The lowest BCUT2D eigenvalue weighted by Crippen LogP contribution is -2.24. The summed E-state index contributed by atoms with van der Waals surface area (Å²) in [6.45, 7) is 2.86. The third kappa shape index (κ3) is 3.80. The first kappa shape index (κ1) is 14.5. The molecule has 2 aromatic rings. The molecule has 0 aliphatic carbocycles. The Labute approximate surface area is 130 Å². The van der Waals surface area contributed by atoms with Crippen LogP contribution in [-0.2, 0) is 6.61 Å². The van der Waals surface area contributed by atoms with Crippen LogP contribution in [0.25, 0.3) is 0 Å². The maximum atomic E-state index is 5.82. The third-order valence-corrected chi connectivity index (χ3v) is 5.11. The zero-order valence-electron chi connectivity index (χ0n) is 12.3. The van der Waals surface area contributed by atoms with Crippen LogP contribution in [0.5, 0.6) is 5.75 Å². The summed E-state index contributed by atoms with van der Waals surface area (Å²) in [6.07, 6.45) is 1.20. The lowest BCUT2D eigenvalue weighted by atomic mass is 10.2. The number of nitrogens with one attached hydrogen (secondary N) is 1. The Morgan fingerprint density at radius 2 is 1.86 bits per heavy atom. The summed E-state index contributed by atoms with van der Waals surface area (Å²) in [7, 11) is 0. The van der Waals surface area contributed by atoms with Gasteiger partial charge in [-0.1, -0.05) is 49.4 Å². The Balaban J connectivity index is 1.57. The Morgan fingerprint density at radius 1 is 1.10 bits per heavy atom. The van der Waals surface area contributed by atoms with Gasteiger partial charge in [-0.25, -0.2) is 0 Å². The monoisotopic (exact) mass is 299 g/mol. The summed E-state index contributed by atoms with van der Waals surface area (Å²) in [6, 6.07) is 19.4.